The molecule has 1 aliphatic heterocycles. The van der Waals surface area contributed by atoms with E-state index in [0.717, 1.165) is 24.0 Å². The molecule has 0 aliphatic carbocycles. The summed E-state index contributed by atoms with van der Waals surface area (Å²) < 4.78 is 12.0. The fraction of sp³-hybridized carbons (Fsp3) is 0.417. The van der Waals surface area contributed by atoms with Gasteiger partial charge in [-0.3, -0.25) is 4.90 Å². The first-order chi connectivity index (χ1) is 13.9. The van der Waals surface area contributed by atoms with Gasteiger partial charge in [0, 0.05) is 6.54 Å². The Labute approximate surface area is 172 Å². The molecule has 5 heteroatoms. The second kappa shape index (κ2) is 9.11. The Kier molecular flexibility index (Phi) is 6.56. The summed E-state index contributed by atoms with van der Waals surface area (Å²) in [4.78, 5) is 14.7. The van der Waals surface area contributed by atoms with E-state index < -0.39 is 5.60 Å². The summed E-state index contributed by atoms with van der Waals surface area (Å²) in [6.45, 7) is 6.66. The van der Waals surface area contributed by atoms with Crippen LogP contribution in [0.15, 0.2) is 54.6 Å². The van der Waals surface area contributed by atoms with Crippen LogP contribution in [0.3, 0.4) is 0 Å². The summed E-state index contributed by atoms with van der Waals surface area (Å²) >= 11 is 0. The van der Waals surface area contributed by atoms with E-state index in [4.69, 9.17) is 14.7 Å². The molecule has 2 aromatic carbocycles. The van der Waals surface area contributed by atoms with Crippen molar-refractivity contribution in [3.8, 4) is 6.07 Å². The molecule has 2 aromatic rings. The first-order valence-electron chi connectivity index (χ1n) is 10.0. The van der Waals surface area contributed by atoms with Crippen molar-refractivity contribution in [1.82, 2.24) is 4.90 Å². The van der Waals surface area contributed by atoms with Crippen molar-refractivity contribution in [2.45, 2.75) is 58.0 Å². The van der Waals surface area contributed by atoms with Crippen LogP contribution in [0.5, 0.6) is 0 Å². The summed E-state index contributed by atoms with van der Waals surface area (Å²) in [6.07, 6.45) is 1.25. The molecule has 1 fully saturated rings. The molecule has 0 aromatic heterocycles. The Balaban J connectivity index is 1.82. The van der Waals surface area contributed by atoms with Gasteiger partial charge in [0.2, 0.25) is 0 Å². The maximum Gasteiger partial charge on any atom is 0.410 e. The number of nitriles is 1. The van der Waals surface area contributed by atoms with Gasteiger partial charge in [-0.25, -0.2) is 4.79 Å². The second-order valence-corrected chi connectivity index (χ2v) is 8.33. The van der Waals surface area contributed by atoms with Crippen LogP contribution >= 0.6 is 0 Å². The number of ether oxygens (including phenoxy) is 2. The number of amides is 1. The minimum Gasteiger partial charge on any atom is -0.444 e. The quantitative estimate of drug-likeness (QED) is 0.716. The number of likely N-dealkylation sites (tertiary alicyclic amines) is 1. The predicted molar refractivity (Wildman–Crippen MR) is 111 cm³/mol. The third-order valence-electron chi connectivity index (χ3n) is 4.86. The van der Waals surface area contributed by atoms with Gasteiger partial charge in [-0.1, -0.05) is 42.5 Å². The van der Waals surface area contributed by atoms with Crippen molar-refractivity contribution in [3.05, 3.63) is 71.3 Å². The van der Waals surface area contributed by atoms with Gasteiger partial charge in [0.05, 0.1) is 30.4 Å². The lowest BCUT2D eigenvalue weighted by molar-refractivity contribution is -0.0600. The van der Waals surface area contributed by atoms with Gasteiger partial charge in [0.15, 0.2) is 0 Å². The third-order valence-corrected chi connectivity index (χ3v) is 4.86. The van der Waals surface area contributed by atoms with Gasteiger partial charge in [-0.05, 0) is 56.9 Å². The zero-order valence-corrected chi connectivity index (χ0v) is 17.3. The summed E-state index contributed by atoms with van der Waals surface area (Å²) in [5.74, 6) is 0. The Hall–Kier alpha value is -2.84. The molecule has 0 saturated carbocycles. The van der Waals surface area contributed by atoms with E-state index in [2.05, 4.69) is 6.07 Å². The predicted octanol–water partition coefficient (Wildman–Crippen LogP) is 5.22. The molecule has 3 rings (SSSR count). The topological polar surface area (TPSA) is 62.6 Å². The van der Waals surface area contributed by atoms with E-state index >= 15 is 0 Å². The molecule has 0 radical (unpaired) electrons. The molecule has 2 atom stereocenters. The van der Waals surface area contributed by atoms with Gasteiger partial charge in [-0.2, -0.15) is 5.26 Å². The van der Waals surface area contributed by atoms with Crippen molar-refractivity contribution < 1.29 is 14.3 Å². The molecule has 0 N–H and O–H groups in total. The number of hydrogen-bond donors (Lipinski definition) is 0. The van der Waals surface area contributed by atoms with Crippen LogP contribution in [0.1, 0.15) is 56.3 Å². The number of benzene rings is 2. The zero-order chi connectivity index (χ0) is 20.9. The fourth-order valence-corrected chi connectivity index (χ4v) is 3.64. The van der Waals surface area contributed by atoms with Crippen molar-refractivity contribution in [2.24, 2.45) is 0 Å². The number of nitrogens with zero attached hydrogens (tertiary/aromatic N) is 2. The molecule has 0 bridgehead atoms. The SMILES string of the molecule is CC(C)(C)OC(=O)N1CCC[C@H](OCc2cccc(C#N)c2)[C@@H]1c1ccccc1. The minimum atomic E-state index is -0.552. The lowest BCUT2D eigenvalue weighted by Crippen LogP contribution is -2.47. The lowest BCUT2D eigenvalue weighted by atomic mass is 9.92. The summed E-state index contributed by atoms with van der Waals surface area (Å²) in [5.41, 5.74) is 2.05. The van der Waals surface area contributed by atoms with Crippen LogP contribution in [0.2, 0.25) is 0 Å². The van der Waals surface area contributed by atoms with Crippen LogP contribution in [-0.2, 0) is 16.1 Å². The summed E-state index contributed by atoms with van der Waals surface area (Å²) in [7, 11) is 0. The number of hydrogen-bond acceptors (Lipinski definition) is 4. The van der Waals surface area contributed by atoms with Crippen molar-refractivity contribution in [3.63, 3.8) is 0 Å². The number of piperidine rings is 1. The average Bonchev–Trinajstić information content (AvgIpc) is 2.71. The minimum absolute atomic E-state index is 0.149. The molecule has 1 aliphatic rings. The molecule has 152 valence electrons. The first kappa shape index (κ1) is 20.9. The van der Waals surface area contributed by atoms with Crippen LogP contribution in [0, 0.1) is 11.3 Å². The molecule has 29 heavy (non-hydrogen) atoms. The van der Waals surface area contributed by atoms with Crippen molar-refractivity contribution >= 4 is 6.09 Å². The van der Waals surface area contributed by atoms with E-state index in [1.54, 1.807) is 11.0 Å². The first-order valence-corrected chi connectivity index (χ1v) is 10.0. The zero-order valence-electron chi connectivity index (χ0n) is 17.3. The van der Waals surface area contributed by atoms with Crippen molar-refractivity contribution in [1.29, 1.82) is 5.26 Å². The molecule has 1 saturated heterocycles. The maximum atomic E-state index is 12.9. The molecular weight excluding hydrogens is 364 g/mol. The lowest BCUT2D eigenvalue weighted by Gasteiger charge is -2.41. The van der Waals surface area contributed by atoms with E-state index in [1.165, 1.54) is 0 Å². The average molecular weight is 392 g/mol. The number of carbonyl (C=O) groups is 1. The van der Waals surface area contributed by atoms with Gasteiger partial charge in [0.1, 0.15) is 5.60 Å². The highest BCUT2D eigenvalue weighted by molar-refractivity contribution is 5.69. The monoisotopic (exact) mass is 392 g/mol. The van der Waals surface area contributed by atoms with Gasteiger partial charge >= 0.3 is 6.09 Å². The van der Waals surface area contributed by atoms with E-state index in [9.17, 15) is 4.79 Å². The molecule has 1 amide bonds. The fourth-order valence-electron chi connectivity index (χ4n) is 3.64. The highest BCUT2D eigenvalue weighted by Crippen LogP contribution is 2.35. The third kappa shape index (κ3) is 5.58. The highest BCUT2D eigenvalue weighted by atomic mass is 16.6. The van der Waals surface area contributed by atoms with E-state index in [1.807, 2.05) is 69.3 Å². The van der Waals surface area contributed by atoms with Gasteiger partial charge < -0.3 is 9.47 Å². The van der Waals surface area contributed by atoms with Gasteiger partial charge in [-0.15, -0.1) is 0 Å². The van der Waals surface area contributed by atoms with Crippen molar-refractivity contribution in [2.75, 3.05) is 6.54 Å². The second-order valence-electron chi connectivity index (χ2n) is 8.33. The number of rotatable bonds is 4. The van der Waals surface area contributed by atoms with E-state index in [-0.39, 0.29) is 18.2 Å². The number of carbonyl (C=O) groups excluding carboxylic acids is 1. The van der Waals surface area contributed by atoms with Crippen LogP contribution in [-0.4, -0.2) is 29.2 Å². The molecule has 1 heterocycles. The molecular formula is C24H28N2O3. The van der Waals surface area contributed by atoms with Gasteiger partial charge in [0.25, 0.3) is 0 Å². The normalized spacial score (nSPS) is 19.4. The summed E-state index contributed by atoms with van der Waals surface area (Å²) in [6, 6.07) is 19.4. The largest absolute Gasteiger partial charge is 0.444 e. The molecule has 5 nitrogen and oxygen atoms in total. The van der Waals surface area contributed by atoms with Crippen LogP contribution in [0.25, 0.3) is 0 Å². The van der Waals surface area contributed by atoms with Crippen LogP contribution in [0.4, 0.5) is 4.79 Å². The standard InChI is InChI=1S/C24H28N2O3/c1-24(2,3)29-23(27)26-14-8-13-21(22(26)20-11-5-4-6-12-20)28-17-19-10-7-9-18(15-19)16-25/h4-7,9-12,15,21-22H,8,13-14,17H2,1-3H3/t21-,22-/m0/s1. The molecule has 0 unspecified atom stereocenters. The molecule has 0 spiro atoms. The smallest absolute Gasteiger partial charge is 0.410 e. The highest BCUT2D eigenvalue weighted by Gasteiger charge is 2.38. The van der Waals surface area contributed by atoms with Crippen LogP contribution < -0.4 is 0 Å². The Bertz CT molecular complexity index is 868. The Morgan fingerprint density at radius 3 is 2.62 bits per heavy atom. The Morgan fingerprint density at radius 2 is 1.93 bits per heavy atom. The van der Waals surface area contributed by atoms with E-state index in [0.29, 0.717) is 18.7 Å². The maximum absolute atomic E-state index is 12.9. The summed E-state index contributed by atoms with van der Waals surface area (Å²) in [5, 5.41) is 9.11. The Morgan fingerprint density at radius 1 is 1.17 bits per heavy atom.